The van der Waals surface area contributed by atoms with Crippen LogP contribution in [0.2, 0.25) is 0 Å². The van der Waals surface area contributed by atoms with E-state index in [2.05, 4.69) is 0 Å². The second-order valence-electron chi connectivity index (χ2n) is 6.72. The maximum absolute atomic E-state index is 13.9. The van der Waals surface area contributed by atoms with Gasteiger partial charge in [0, 0.05) is 26.2 Å². The lowest BCUT2D eigenvalue weighted by molar-refractivity contribution is -0.134. The summed E-state index contributed by atoms with van der Waals surface area (Å²) < 4.78 is 46.0. The monoisotopic (exact) mass is 406 g/mol. The van der Waals surface area contributed by atoms with Gasteiger partial charge >= 0.3 is 0 Å². The molecule has 1 saturated heterocycles. The number of halogens is 1. The van der Waals surface area contributed by atoms with Crippen molar-refractivity contribution in [3.63, 3.8) is 0 Å². The standard InChI is InChI=1S/C20H23FN2O4S/c1-15-6-5-7-16(2)20(15)27-14-19(24)22-10-12-23(13-11-22)28(25,26)18-9-4-3-8-17(18)21/h3-9H,10-14H2,1-2H3. The molecule has 0 aliphatic carbocycles. The van der Waals surface area contributed by atoms with E-state index in [9.17, 15) is 17.6 Å². The Morgan fingerprint density at radius 1 is 1.00 bits per heavy atom. The van der Waals surface area contributed by atoms with Gasteiger partial charge in [0.15, 0.2) is 6.61 Å². The van der Waals surface area contributed by atoms with Crippen molar-refractivity contribution in [2.24, 2.45) is 0 Å². The van der Waals surface area contributed by atoms with Gasteiger partial charge < -0.3 is 9.64 Å². The minimum Gasteiger partial charge on any atom is -0.483 e. The minimum absolute atomic E-state index is 0.105. The highest BCUT2D eigenvalue weighted by atomic mass is 32.2. The van der Waals surface area contributed by atoms with Crippen molar-refractivity contribution in [1.82, 2.24) is 9.21 Å². The normalized spacial score (nSPS) is 15.5. The van der Waals surface area contributed by atoms with Crippen molar-refractivity contribution in [1.29, 1.82) is 0 Å². The molecule has 0 radical (unpaired) electrons. The number of nitrogens with zero attached hydrogens (tertiary/aromatic N) is 2. The Morgan fingerprint density at radius 3 is 2.21 bits per heavy atom. The van der Waals surface area contributed by atoms with Crippen LogP contribution in [0.15, 0.2) is 47.4 Å². The Labute approximate surface area is 164 Å². The summed E-state index contributed by atoms with van der Waals surface area (Å²) >= 11 is 0. The number of hydrogen-bond donors (Lipinski definition) is 0. The summed E-state index contributed by atoms with van der Waals surface area (Å²) in [5.74, 6) is -0.287. The number of hydrogen-bond acceptors (Lipinski definition) is 4. The zero-order chi connectivity index (χ0) is 20.3. The molecular weight excluding hydrogens is 383 g/mol. The van der Waals surface area contributed by atoms with Gasteiger partial charge in [-0.15, -0.1) is 0 Å². The smallest absolute Gasteiger partial charge is 0.260 e. The number of para-hydroxylation sites is 1. The summed E-state index contributed by atoms with van der Waals surface area (Å²) in [5, 5.41) is 0. The Bertz CT molecular complexity index is 950. The fraction of sp³-hybridized carbons (Fsp3) is 0.350. The van der Waals surface area contributed by atoms with Crippen LogP contribution >= 0.6 is 0 Å². The van der Waals surface area contributed by atoms with E-state index in [-0.39, 0.29) is 43.6 Å². The highest BCUT2D eigenvalue weighted by Crippen LogP contribution is 2.23. The maximum atomic E-state index is 13.9. The van der Waals surface area contributed by atoms with Gasteiger partial charge in [0.25, 0.3) is 5.91 Å². The lowest BCUT2D eigenvalue weighted by Crippen LogP contribution is -2.51. The molecule has 0 saturated carbocycles. The average Bonchev–Trinajstić information content (AvgIpc) is 2.67. The van der Waals surface area contributed by atoms with Crippen LogP contribution in [0, 0.1) is 19.7 Å². The van der Waals surface area contributed by atoms with Crippen LogP contribution < -0.4 is 4.74 Å². The fourth-order valence-electron chi connectivity index (χ4n) is 3.22. The van der Waals surface area contributed by atoms with Crippen molar-refractivity contribution in [2.75, 3.05) is 32.8 Å². The van der Waals surface area contributed by atoms with E-state index < -0.39 is 15.8 Å². The van der Waals surface area contributed by atoms with E-state index in [0.717, 1.165) is 17.2 Å². The zero-order valence-corrected chi connectivity index (χ0v) is 16.7. The summed E-state index contributed by atoms with van der Waals surface area (Å²) in [6.07, 6.45) is 0. The molecule has 0 spiro atoms. The van der Waals surface area contributed by atoms with Crippen LogP contribution in [-0.2, 0) is 14.8 Å². The van der Waals surface area contributed by atoms with Crippen molar-refractivity contribution in [3.05, 3.63) is 59.4 Å². The molecule has 0 N–H and O–H groups in total. The third-order valence-corrected chi connectivity index (χ3v) is 6.73. The summed E-state index contributed by atoms with van der Waals surface area (Å²) in [6, 6.07) is 11.1. The molecule has 3 rings (SSSR count). The molecule has 0 unspecified atom stereocenters. The lowest BCUT2D eigenvalue weighted by Gasteiger charge is -2.34. The Kier molecular flexibility index (Phi) is 6.00. The van der Waals surface area contributed by atoms with Gasteiger partial charge in [0.2, 0.25) is 10.0 Å². The third-order valence-electron chi connectivity index (χ3n) is 4.79. The van der Waals surface area contributed by atoms with Crippen molar-refractivity contribution in [2.45, 2.75) is 18.7 Å². The molecule has 1 fully saturated rings. The number of amides is 1. The van der Waals surface area contributed by atoms with Crippen LogP contribution in [0.3, 0.4) is 0 Å². The fourth-order valence-corrected chi connectivity index (χ4v) is 4.71. The molecule has 8 heteroatoms. The second-order valence-corrected chi connectivity index (χ2v) is 8.63. The van der Waals surface area contributed by atoms with Gasteiger partial charge in [-0.05, 0) is 37.1 Å². The zero-order valence-electron chi connectivity index (χ0n) is 15.9. The first kappa shape index (κ1) is 20.3. The van der Waals surface area contributed by atoms with Crippen LogP contribution in [0.4, 0.5) is 4.39 Å². The second kappa shape index (κ2) is 8.28. The first-order chi connectivity index (χ1) is 13.3. The molecule has 1 heterocycles. The van der Waals surface area contributed by atoms with Gasteiger partial charge in [-0.25, -0.2) is 12.8 Å². The predicted molar refractivity (Wildman–Crippen MR) is 103 cm³/mol. The van der Waals surface area contributed by atoms with Gasteiger partial charge in [0.05, 0.1) is 0 Å². The van der Waals surface area contributed by atoms with Crippen LogP contribution in [0.1, 0.15) is 11.1 Å². The number of benzene rings is 2. The molecule has 2 aromatic carbocycles. The predicted octanol–water partition coefficient (Wildman–Crippen LogP) is 2.35. The Morgan fingerprint density at radius 2 is 1.61 bits per heavy atom. The molecule has 150 valence electrons. The van der Waals surface area contributed by atoms with Gasteiger partial charge in [0.1, 0.15) is 16.5 Å². The highest BCUT2D eigenvalue weighted by molar-refractivity contribution is 7.89. The summed E-state index contributed by atoms with van der Waals surface area (Å²) in [6.45, 7) is 4.44. The number of carbonyl (C=O) groups excluding carboxylic acids is 1. The number of carbonyl (C=O) groups is 1. The Hall–Kier alpha value is -2.45. The summed E-state index contributed by atoms with van der Waals surface area (Å²) in [7, 11) is -3.92. The molecule has 1 aliphatic heterocycles. The SMILES string of the molecule is Cc1cccc(C)c1OCC(=O)N1CCN(S(=O)(=O)c2ccccc2F)CC1. The number of rotatable bonds is 5. The Balaban J connectivity index is 1.59. The average molecular weight is 406 g/mol. The number of ether oxygens (including phenoxy) is 1. The largest absolute Gasteiger partial charge is 0.483 e. The summed E-state index contributed by atoms with van der Waals surface area (Å²) in [4.78, 5) is 13.7. The third kappa shape index (κ3) is 4.18. The van der Waals surface area contributed by atoms with Gasteiger partial charge in [-0.1, -0.05) is 30.3 Å². The molecule has 28 heavy (non-hydrogen) atoms. The van der Waals surface area contributed by atoms with E-state index >= 15 is 0 Å². The quantitative estimate of drug-likeness (QED) is 0.765. The van der Waals surface area contributed by atoms with Crippen molar-refractivity contribution < 1.29 is 22.3 Å². The van der Waals surface area contributed by atoms with Crippen molar-refractivity contribution in [3.8, 4) is 5.75 Å². The van der Waals surface area contributed by atoms with Crippen LogP contribution in [0.25, 0.3) is 0 Å². The van der Waals surface area contributed by atoms with E-state index in [1.165, 1.54) is 22.5 Å². The van der Waals surface area contributed by atoms with Gasteiger partial charge in [-0.2, -0.15) is 4.31 Å². The number of sulfonamides is 1. The lowest BCUT2D eigenvalue weighted by atomic mass is 10.1. The van der Waals surface area contributed by atoms with Crippen LogP contribution in [0.5, 0.6) is 5.75 Å². The van der Waals surface area contributed by atoms with E-state index in [1.54, 1.807) is 4.90 Å². The van der Waals surface area contributed by atoms with Gasteiger partial charge in [-0.3, -0.25) is 4.79 Å². The first-order valence-electron chi connectivity index (χ1n) is 9.02. The van der Waals surface area contributed by atoms with E-state index in [0.29, 0.717) is 5.75 Å². The highest BCUT2D eigenvalue weighted by Gasteiger charge is 2.31. The van der Waals surface area contributed by atoms with Crippen molar-refractivity contribution >= 4 is 15.9 Å². The molecule has 0 atom stereocenters. The molecule has 2 aromatic rings. The molecule has 0 bridgehead atoms. The summed E-state index contributed by atoms with van der Waals surface area (Å²) in [5.41, 5.74) is 1.90. The maximum Gasteiger partial charge on any atom is 0.260 e. The topological polar surface area (TPSA) is 66.9 Å². The first-order valence-corrected chi connectivity index (χ1v) is 10.5. The van der Waals surface area contributed by atoms with E-state index in [4.69, 9.17) is 4.74 Å². The minimum atomic E-state index is -3.92. The molecule has 1 amide bonds. The number of piperazine rings is 1. The number of aryl methyl sites for hydroxylation is 2. The van der Waals surface area contributed by atoms with Crippen LogP contribution in [-0.4, -0.2) is 56.3 Å². The molecule has 1 aliphatic rings. The molecule has 6 nitrogen and oxygen atoms in total. The molecule has 0 aromatic heterocycles. The van der Waals surface area contributed by atoms with E-state index in [1.807, 2.05) is 32.0 Å². The molecular formula is C20H23FN2O4S.